The maximum Gasteiger partial charge on any atom is 0.324 e. The van der Waals surface area contributed by atoms with E-state index in [2.05, 4.69) is 15.3 Å². The van der Waals surface area contributed by atoms with Crippen molar-refractivity contribution in [3.05, 3.63) is 11.9 Å². The van der Waals surface area contributed by atoms with E-state index in [1.54, 1.807) is 6.92 Å². The van der Waals surface area contributed by atoms with E-state index in [-0.39, 0.29) is 24.1 Å². The molecule has 0 spiro atoms. The fraction of sp³-hybridized carbons (Fsp3) is 0.600. The van der Waals surface area contributed by atoms with Gasteiger partial charge >= 0.3 is 12.3 Å². The van der Waals surface area contributed by atoms with Gasteiger partial charge in [0.2, 0.25) is 0 Å². The average Bonchev–Trinajstić information content (AvgIpc) is 2.33. The van der Waals surface area contributed by atoms with Crippen LogP contribution in [0.4, 0.5) is 29.2 Å². The minimum absolute atomic E-state index is 0.0348. The number of hydrogen-bond donors (Lipinski definition) is 2. The van der Waals surface area contributed by atoms with E-state index in [1.165, 1.54) is 6.07 Å². The number of nitrogens with two attached hydrogens (primary N) is 1. The second kappa shape index (κ2) is 6.50. The zero-order valence-corrected chi connectivity index (χ0v) is 10.2. The molecular formula is C10H14F4N4O. The lowest BCUT2D eigenvalue weighted by Gasteiger charge is -2.16. The van der Waals surface area contributed by atoms with Gasteiger partial charge in [0.1, 0.15) is 18.2 Å². The number of halogens is 4. The Bertz CT molecular complexity index is 417. The van der Waals surface area contributed by atoms with Crippen LogP contribution in [0.25, 0.3) is 0 Å². The smallest absolute Gasteiger partial charge is 0.324 e. The molecule has 0 amide bonds. The standard InChI is InChI=1S/C10H14F4N4O/c1-2-19-4-8-17-6(15)3-7(18-8)16-5-10(13,14)9(11)12/h3,9H,2,4-5H2,1H3,(H3,15,16,17,18). The van der Waals surface area contributed by atoms with Crippen molar-refractivity contribution in [2.45, 2.75) is 25.9 Å². The number of anilines is 2. The largest absolute Gasteiger partial charge is 0.384 e. The molecule has 0 atom stereocenters. The number of rotatable bonds is 7. The molecule has 0 radical (unpaired) electrons. The van der Waals surface area contributed by atoms with E-state index in [0.717, 1.165) is 0 Å². The van der Waals surface area contributed by atoms with Gasteiger partial charge in [0.25, 0.3) is 0 Å². The van der Waals surface area contributed by atoms with Crippen molar-refractivity contribution >= 4 is 11.6 Å². The van der Waals surface area contributed by atoms with Crippen molar-refractivity contribution in [1.82, 2.24) is 9.97 Å². The molecule has 0 unspecified atom stereocenters. The SMILES string of the molecule is CCOCc1nc(N)cc(NCC(F)(F)C(F)F)n1. The van der Waals surface area contributed by atoms with Gasteiger partial charge in [-0.15, -0.1) is 0 Å². The summed E-state index contributed by atoms with van der Waals surface area (Å²) < 4.78 is 54.4. The quantitative estimate of drug-likeness (QED) is 0.747. The predicted octanol–water partition coefficient (Wildman–Crippen LogP) is 1.91. The van der Waals surface area contributed by atoms with E-state index in [4.69, 9.17) is 10.5 Å². The third-order valence-corrected chi connectivity index (χ3v) is 2.05. The minimum Gasteiger partial charge on any atom is -0.384 e. The maximum atomic E-state index is 12.7. The van der Waals surface area contributed by atoms with Crippen molar-refractivity contribution in [2.24, 2.45) is 0 Å². The number of hydrogen-bond acceptors (Lipinski definition) is 5. The van der Waals surface area contributed by atoms with Crippen LogP contribution in [-0.2, 0) is 11.3 Å². The summed E-state index contributed by atoms with van der Waals surface area (Å²) in [6.07, 6.45) is -3.75. The molecule has 0 bridgehead atoms. The lowest BCUT2D eigenvalue weighted by atomic mass is 10.3. The monoisotopic (exact) mass is 282 g/mol. The highest BCUT2D eigenvalue weighted by Crippen LogP contribution is 2.23. The first-order chi connectivity index (χ1) is 8.85. The second-order valence-electron chi connectivity index (χ2n) is 3.65. The summed E-state index contributed by atoms with van der Waals surface area (Å²) in [7, 11) is 0. The minimum atomic E-state index is -4.14. The Kier molecular flexibility index (Phi) is 5.28. The Balaban J connectivity index is 2.70. The molecule has 1 rings (SSSR count). The molecule has 0 aliphatic heterocycles. The van der Waals surface area contributed by atoms with Gasteiger partial charge in [-0.3, -0.25) is 0 Å². The van der Waals surface area contributed by atoms with Crippen LogP contribution in [0.1, 0.15) is 12.7 Å². The molecule has 0 saturated carbocycles. The molecule has 0 saturated heterocycles. The van der Waals surface area contributed by atoms with E-state index in [0.29, 0.717) is 6.61 Å². The lowest BCUT2D eigenvalue weighted by Crippen LogP contribution is -2.35. The highest BCUT2D eigenvalue weighted by Gasteiger charge is 2.40. The molecule has 1 heterocycles. The number of nitrogen functional groups attached to an aromatic ring is 1. The average molecular weight is 282 g/mol. The summed E-state index contributed by atoms with van der Waals surface area (Å²) in [5.41, 5.74) is 5.45. The van der Waals surface area contributed by atoms with E-state index in [1.807, 2.05) is 0 Å². The number of ether oxygens (including phenoxy) is 1. The van der Waals surface area contributed by atoms with Crippen LogP contribution in [0.2, 0.25) is 0 Å². The Hall–Kier alpha value is -1.64. The summed E-state index contributed by atoms with van der Waals surface area (Å²) in [5.74, 6) is -3.97. The van der Waals surface area contributed by atoms with Crippen LogP contribution in [-0.4, -0.2) is 35.5 Å². The third-order valence-electron chi connectivity index (χ3n) is 2.05. The van der Waals surface area contributed by atoms with Crippen LogP contribution in [0.5, 0.6) is 0 Å². The zero-order chi connectivity index (χ0) is 14.5. The van der Waals surface area contributed by atoms with Gasteiger partial charge in [-0.05, 0) is 6.92 Å². The van der Waals surface area contributed by atoms with Crippen molar-refractivity contribution in [2.75, 3.05) is 24.2 Å². The van der Waals surface area contributed by atoms with Crippen LogP contribution in [0.3, 0.4) is 0 Å². The Morgan fingerprint density at radius 3 is 2.68 bits per heavy atom. The van der Waals surface area contributed by atoms with Crippen LogP contribution < -0.4 is 11.1 Å². The van der Waals surface area contributed by atoms with Crippen molar-refractivity contribution in [3.8, 4) is 0 Å². The van der Waals surface area contributed by atoms with Crippen LogP contribution >= 0.6 is 0 Å². The van der Waals surface area contributed by atoms with E-state index in [9.17, 15) is 17.6 Å². The highest BCUT2D eigenvalue weighted by atomic mass is 19.3. The molecule has 0 fully saturated rings. The summed E-state index contributed by atoms with van der Waals surface area (Å²) in [6, 6.07) is 1.18. The first-order valence-corrected chi connectivity index (χ1v) is 5.46. The van der Waals surface area contributed by atoms with Gasteiger partial charge in [-0.2, -0.15) is 8.78 Å². The fourth-order valence-corrected chi connectivity index (χ4v) is 1.15. The topological polar surface area (TPSA) is 73.1 Å². The zero-order valence-electron chi connectivity index (χ0n) is 10.2. The number of nitrogens with zero attached hydrogens (tertiary/aromatic N) is 2. The molecule has 1 aromatic rings. The fourth-order valence-electron chi connectivity index (χ4n) is 1.15. The Labute approximate surface area is 107 Å². The predicted molar refractivity (Wildman–Crippen MR) is 61.2 cm³/mol. The second-order valence-corrected chi connectivity index (χ2v) is 3.65. The van der Waals surface area contributed by atoms with Crippen molar-refractivity contribution < 1.29 is 22.3 Å². The first kappa shape index (κ1) is 15.4. The Morgan fingerprint density at radius 1 is 1.42 bits per heavy atom. The molecular weight excluding hydrogens is 268 g/mol. The molecule has 0 aliphatic carbocycles. The summed E-state index contributed by atoms with van der Waals surface area (Å²) >= 11 is 0. The molecule has 19 heavy (non-hydrogen) atoms. The maximum absolute atomic E-state index is 12.7. The molecule has 3 N–H and O–H groups in total. The van der Waals surface area contributed by atoms with Crippen molar-refractivity contribution in [3.63, 3.8) is 0 Å². The number of alkyl halides is 4. The number of nitrogens with one attached hydrogen (secondary N) is 1. The molecule has 9 heteroatoms. The molecule has 0 aromatic carbocycles. The van der Waals surface area contributed by atoms with E-state index >= 15 is 0 Å². The van der Waals surface area contributed by atoms with Gasteiger partial charge in [-0.25, -0.2) is 18.7 Å². The first-order valence-electron chi connectivity index (χ1n) is 5.46. The lowest BCUT2D eigenvalue weighted by molar-refractivity contribution is -0.117. The molecule has 5 nitrogen and oxygen atoms in total. The summed E-state index contributed by atoms with van der Waals surface area (Å²) in [5, 5.41) is 2.11. The molecule has 1 aromatic heterocycles. The van der Waals surface area contributed by atoms with Crippen molar-refractivity contribution in [1.29, 1.82) is 0 Å². The summed E-state index contributed by atoms with van der Waals surface area (Å²) in [6.45, 7) is 0.996. The summed E-state index contributed by atoms with van der Waals surface area (Å²) in [4.78, 5) is 7.64. The normalized spacial score (nSPS) is 11.9. The Morgan fingerprint density at radius 2 is 2.11 bits per heavy atom. The number of aromatic nitrogens is 2. The van der Waals surface area contributed by atoms with Gasteiger partial charge in [0.05, 0.1) is 6.54 Å². The van der Waals surface area contributed by atoms with Gasteiger partial charge in [-0.1, -0.05) is 0 Å². The van der Waals surface area contributed by atoms with Gasteiger partial charge in [0.15, 0.2) is 5.82 Å². The molecule has 108 valence electrons. The van der Waals surface area contributed by atoms with Gasteiger partial charge < -0.3 is 15.8 Å². The molecule has 0 aliphatic rings. The highest BCUT2D eigenvalue weighted by molar-refractivity contribution is 5.44. The third kappa shape index (κ3) is 4.86. The van der Waals surface area contributed by atoms with Crippen LogP contribution in [0, 0.1) is 0 Å². The van der Waals surface area contributed by atoms with Crippen LogP contribution in [0.15, 0.2) is 6.07 Å². The van der Waals surface area contributed by atoms with E-state index < -0.39 is 18.9 Å². The van der Waals surface area contributed by atoms with Gasteiger partial charge in [0, 0.05) is 12.7 Å².